The lowest BCUT2D eigenvalue weighted by atomic mass is 9.97. The van der Waals surface area contributed by atoms with E-state index in [9.17, 15) is 60.3 Å². The molecule has 0 saturated carbocycles. The number of fused-ring (bicyclic) bond motifs is 1. The number of carboxylic acid groups (broad SMARTS) is 2. The first-order chi connectivity index (χ1) is 20.8. The zero-order chi connectivity index (χ0) is 32.0. The lowest BCUT2D eigenvalue weighted by Crippen LogP contribution is -2.66. The minimum absolute atomic E-state index is 0.0378. The third kappa shape index (κ3) is 5.77. The molecule has 0 bridgehead atoms. The predicted octanol–water partition coefficient (Wildman–Crippen LogP) is -1.94. The zero-order valence-corrected chi connectivity index (χ0v) is 22.1. The Balaban J connectivity index is 1.50. The van der Waals surface area contributed by atoms with Crippen LogP contribution in [-0.4, -0.2) is 119 Å². The molecule has 2 fully saturated rings. The smallest absolute Gasteiger partial charge is 0.335 e. The van der Waals surface area contributed by atoms with Crippen molar-refractivity contribution in [3.63, 3.8) is 0 Å². The van der Waals surface area contributed by atoms with Gasteiger partial charge < -0.3 is 69.3 Å². The molecular formula is C27H26O17. The molecular weight excluding hydrogens is 596 g/mol. The van der Waals surface area contributed by atoms with Crippen LogP contribution >= 0.6 is 0 Å². The number of aromatic hydroxyl groups is 2. The lowest BCUT2D eigenvalue weighted by Gasteiger charge is -2.44. The van der Waals surface area contributed by atoms with Crippen LogP contribution in [0.3, 0.4) is 0 Å². The fourth-order valence-corrected chi connectivity index (χ4v) is 4.81. The molecule has 0 amide bonds. The van der Waals surface area contributed by atoms with Crippen molar-refractivity contribution in [2.75, 3.05) is 0 Å². The molecule has 9 N–H and O–H groups in total. The first-order valence-electron chi connectivity index (χ1n) is 12.9. The van der Waals surface area contributed by atoms with Crippen LogP contribution in [0, 0.1) is 0 Å². The van der Waals surface area contributed by atoms with E-state index in [0.29, 0.717) is 5.56 Å². The minimum atomic E-state index is -2.15. The normalized spacial score (nSPS) is 32.3. The summed E-state index contributed by atoms with van der Waals surface area (Å²) in [5, 5.41) is 90.3. The SMILES string of the molecule is O=C(O)[C@H]1O[C@@H](O[C@H]2[C@H](Oc3cc(O)c4c(=O)cc(-c5ccc(O)cc5)oc4c3)O[C@H](C(=O)O)[C@@H](O)[C@@H]2O)[C@H](O)[C@@H](O)[C@@H]1O. The Morgan fingerprint density at radius 2 is 1.32 bits per heavy atom. The molecule has 2 aliphatic heterocycles. The van der Waals surface area contributed by atoms with Gasteiger partial charge in [0.2, 0.25) is 6.29 Å². The molecule has 0 aliphatic carbocycles. The molecule has 10 atom stereocenters. The number of hydrogen-bond acceptors (Lipinski definition) is 15. The topological polar surface area (TPSA) is 283 Å². The average Bonchev–Trinajstić information content (AvgIpc) is 2.96. The molecule has 5 rings (SSSR count). The number of aliphatic hydroxyl groups is 5. The van der Waals surface area contributed by atoms with Gasteiger partial charge in [0, 0.05) is 23.8 Å². The van der Waals surface area contributed by atoms with Crippen molar-refractivity contribution in [3.8, 4) is 28.6 Å². The summed E-state index contributed by atoms with van der Waals surface area (Å²) in [6.45, 7) is 0. The Labute approximate surface area is 244 Å². The Hall–Kier alpha value is -4.33. The summed E-state index contributed by atoms with van der Waals surface area (Å²) in [4.78, 5) is 36.0. The van der Waals surface area contributed by atoms with Crippen molar-refractivity contribution in [2.45, 2.75) is 61.4 Å². The van der Waals surface area contributed by atoms with Crippen LogP contribution in [0.15, 0.2) is 51.7 Å². The minimum Gasteiger partial charge on any atom is -0.508 e. The number of carboxylic acids is 2. The summed E-state index contributed by atoms with van der Waals surface area (Å²) in [6.07, 6.45) is -20.8. The highest BCUT2D eigenvalue weighted by molar-refractivity contribution is 5.86. The standard InChI is InChI=1S/C27H26O17/c28-9-3-1-8(2-4-9)13-7-12(30)15-11(29)5-10(6-14(15)41-13)40-27-23(19(34)18(33)22(43-27)25(38)39)44-26-20(35)16(31)17(32)21(42-26)24(36)37/h1-7,16-23,26-29,31-35H,(H,36,37)(H,38,39)/t16-,17-,18-,19-,20+,21-,22-,23+,26-,27+/m0/s1. The molecule has 0 radical (unpaired) electrons. The average molecular weight is 622 g/mol. The van der Waals surface area contributed by atoms with Gasteiger partial charge in [-0.05, 0) is 24.3 Å². The van der Waals surface area contributed by atoms with Gasteiger partial charge in [-0.15, -0.1) is 0 Å². The Morgan fingerprint density at radius 1 is 0.727 bits per heavy atom. The maximum atomic E-state index is 12.8. The predicted molar refractivity (Wildman–Crippen MR) is 139 cm³/mol. The van der Waals surface area contributed by atoms with Crippen LogP contribution in [0.5, 0.6) is 17.2 Å². The van der Waals surface area contributed by atoms with Crippen molar-refractivity contribution >= 4 is 22.9 Å². The zero-order valence-electron chi connectivity index (χ0n) is 22.1. The highest BCUT2D eigenvalue weighted by Gasteiger charge is 2.54. The molecule has 2 saturated heterocycles. The number of ether oxygens (including phenoxy) is 4. The first kappa shape index (κ1) is 31.1. The molecule has 17 nitrogen and oxygen atoms in total. The van der Waals surface area contributed by atoms with Crippen LogP contribution in [0.1, 0.15) is 0 Å². The van der Waals surface area contributed by atoms with E-state index in [4.69, 9.17) is 23.4 Å². The number of aliphatic hydroxyl groups excluding tert-OH is 5. The Morgan fingerprint density at radius 3 is 1.93 bits per heavy atom. The third-order valence-corrected chi connectivity index (χ3v) is 7.08. The Bertz CT molecular complexity index is 1600. The van der Waals surface area contributed by atoms with Crippen molar-refractivity contribution in [1.82, 2.24) is 0 Å². The van der Waals surface area contributed by atoms with Crippen molar-refractivity contribution in [1.29, 1.82) is 0 Å². The fourth-order valence-electron chi connectivity index (χ4n) is 4.81. The molecule has 236 valence electrons. The van der Waals surface area contributed by atoms with Gasteiger partial charge in [0.25, 0.3) is 0 Å². The van der Waals surface area contributed by atoms with E-state index >= 15 is 0 Å². The second-order valence-electron chi connectivity index (χ2n) is 10.0. The van der Waals surface area contributed by atoms with Crippen LogP contribution in [0.2, 0.25) is 0 Å². The molecule has 17 heteroatoms. The van der Waals surface area contributed by atoms with Crippen LogP contribution in [-0.2, 0) is 23.8 Å². The summed E-state index contributed by atoms with van der Waals surface area (Å²) < 4.78 is 27.2. The highest BCUT2D eigenvalue weighted by Crippen LogP contribution is 2.35. The summed E-state index contributed by atoms with van der Waals surface area (Å²) in [6, 6.07) is 8.76. The van der Waals surface area contributed by atoms with Gasteiger partial charge in [-0.2, -0.15) is 0 Å². The van der Waals surface area contributed by atoms with Crippen LogP contribution in [0.4, 0.5) is 0 Å². The number of phenolic OH excluding ortho intramolecular Hbond substituents is 2. The van der Waals surface area contributed by atoms with Gasteiger partial charge in [0.05, 0.1) is 0 Å². The van der Waals surface area contributed by atoms with Gasteiger partial charge in [0.15, 0.2) is 30.0 Å². The number of aliphatic carboxylic acids is 2. The number of rotatable bonds is 7. The highest BCUT2D eigenvalue weighted by atomic mass is 16.8. The first-order valence-corrected chi connectivity index (χ1v) is 12.9. The molecule has 2 aliphatic rings. The monoisotopic (exact) mass is 622 g/mol. The van der Waals surface area contributed by atoms with E-state index in [-0.39, 0.29) is 28.2 Å². The molecule has 0 unspecified atom stereocenters. The molecule has 2 aromatic carbocycles. The number of benzene rings is 2. The van der Waals surface area contributed by atoms with E-state index in [1.807, 2.05) is 0 Å². The maximum absolute atomic E-state index is 12.8. The molecule has 3 heterocycles. The summed E-state index contributed by atoms with van der Waals surface area (Å²) in [5.41, 5.74) is -0.488. The van der Waals surface area contributed by atoms with E-state index in [0.717, 1.165) is 18.2 Å². The molecule has 3 aromatic rings. The van der Waals surface area contributed by atoms with Gasteiger partial charge in [0.1, 0.15) is 64.5 Å². The molecule has 1 aromatic heterocycles. The van der Waals surface area contributed by atoms with E-state index in [1.165, 1.54) is 24.3 Å². The maximum Gasteiger partial charge on any atom is 0.335 e. The van der Waals surface area contributed by atoms with E-state index < -0.39 is 84.5 Å². The van der Waals surface area contributed by atoms with E-state index in [2.05, 4.69) is 0 Å². The largest absolute Gasteiger partial charge is 0.508 e. The number of carbonyl (C=O) groups is 2. The van der Waals surface area contributed by atoms with E-state index in [1.54, 1.807) is 0 Å². The van der Waals surface area contributed by atoms with Crippen molar-refractivity contribution < 1.29 is 78.9 Å². The second-order valence-corrected chi connectivity index (χ2v) is 10.0. The summed E-state index contributed by atoms with van der Waals surface area (Å²) in [5.74, 6) is -4.45. The van der Waals surface area contributed by atoms with Gasteiger partial charge >= 0.3 is 11.9 Å². The Kier molecular flexibility index (Phi) is 8.47. The van der Waals surface area contributed by atoms with Gasteiger partial charge in [-0.3, -0.25) is 4.79 Å². The quantitative estimate of drug-likeness (QED) is 0.138. The number of phenols is 2. The summed E-state index contributed by atoms with van der Waals surface area (Å²) >= 11 is 0. The third-order valence-electron chi connectivity index (χ3n) is 7.08. The fraction of sp³-hybridized carbons (Fsp3) is 0.370. The lowest BCUT2D eigenvalue weighted by molar-refractivity contribution is -0.350. The van der Waals surface area contributed by atoms with Crippen molar-refractivity contribution in [3.05, 3.63) is 52.7 Å². The number of hydrogen-bond donors (Lipinski definition) is 9. The van der Waals surface area contributed by atoms with Crippen LogP contribution < -0.4 is 10.2 Å². The second kappa shape index (κ2) is 12.0. The van der Waals surface area contributed by atoms with Crippen molar-refractivity contribution in [2.24, 2.45) is 0 Å². The van der Waals surface area contributed by atoms with Gasteiger partial charge in [-0.1, -0.05) is 0 Å². The molecule has 44 heavy (non-hydrogen) atoms. The molecule has 0 spiro atoms. The van der Waals surface area contributed by atoms with Gasteiger partial charge in [-0.25, -0.2) is 9.59 Å². The summed E-state index contributed by atoms with van der Waals surface area (Å²) in [7, 11) is 0. The van der Waals surface area contributed by atoms with Crippen LogP contribution in [0.25, 0.3) is 22.3 Å².